The summed E-state index contributed by atoms with van der Waals surface area (Å²) in [7, 11) is -1.24. The molecule has 2 aromatic carbocycles. The van der Waals surface area contributed by atoms with Gasteiger partial charge in [0.05, 0.1) is 22.1 Å². The molecule has 0 bridgehead atoms. The van der Waals surface area contributed by atoms with Crippen LogP contribution in [0.1, 0.15) is 34.0 Å². The summed E-state index contributed by atoms with van der Waals surface area (Å²) in [5, 5.41) is 9.12. The zero-order valence-corrected chi connectivity index (χ0v) is 12.9. The summed E-state index contributed by atoms with van der Waals surface area (Å²) in [5.74, 6) is -0.592. The van der Waals surface area contributed by atoms with Crippen molar-refractivity contribution in [3.63, 3.8) is 0 Å². The van der Waals surface area contributed by atoms with Crippen molar-refractivity contribution < 1.29 is 14.1 Å². The summed E-state index contributed by atoms with van der Waals surface area (Å²) in [6.07, 6.45) is 0.975. The number of carbonyl (C=O) groups is 1. The highest BCUT2D eigenvalue weighted by atomic mass is 32.2. The Morgan fingerprint density at radius 2 is 1.71 bits per heavy atom. The van der Waals surface area contributed by atoms with Crippen LogP contribution >= 0.6 is 0 Å². The molecule has 1 unspecified atom stereocenters. The van der Waals surface area contributed by atoms with Gasteiger partial charge in [-0.2, -0.15) is 0 Å². The third-order valence-corrected chi connectivity index (χ3v) is 4.81. The fraction of sp³-hybridized carbons (Fsp3) is 0.235. The summed E-state index contributed by atoms with van der Waals surface area (Å²) in [4.78, 5) is 11.7. The molecule has 2 rings (SSSR count). The van der Waals surface area contributed by atoms with E-state index in [1.807, 2.05) is 24.3 Å². The molecule has 0 amide bonds. The number of hydrogen-bond acceptors (Lipinski definition) is 2. The lowest BCUT2D eigenvalue weighted by molar-refractivity contribution is 0.0696. The van der Waals surface area contributed by atoms with Crippen LogP contribution in [0.15, 0.2) is 47.4 Å². The average Bonchev–Trinajstić information content (AvgIpc) is 2.48. The number of benzene rings is 2. The van der Waals surface area contributed by atoms with Crippen molar-refractivity contribution in [2.24, 2.45) is 0 Å². The minimum Gasteiger partial charge on any atom is -0.478 e. The van der Waals surface area contributed by atoms with Crippen molar-refractivity contribution in [2.75, 3.05) is 0 Å². The van der Waals surface area contributed by atoms with E-state index in [1.165, 1.54) is 11.6 Å². The predicted octanol–water partition coefficient (Wildman–Crippen LogP) is 3.56. The molecule has 3 nitrogen and oxygen atoms in total. The Hall–Kier alpha value is -1.94. The second-order valence-electron chi connectivity index (χ2n) is 4.94. The number of aromatic carboxylic acids is 1. The molecule has 0 aliphatic carbocycles. The van der Waals surface area contributed by atoms with Crippen molar-refractivity contribution in [2.45, 2.75) is 30.9 Å². The van der Waals surface area contributed by atoms with Crippen LogP contribution in [0.5, 0.6) is 0 Å². The SMILES string of the molecule is CCc1ccc(CS(=O)c2ccc(C)c(C(=O)O)c2)cc1. The largest absolute Gasteiger partial charge is 0.478 e. The standard InChI is InChI=1S/C17H18O3S/c1-3-13-5-7-14(8-6-13)11-21(20)15-9-4-12(2)16(10-15)17(18)19/h4-10H,3,11H2,1-2H3,(H,18,19). The molecule has 4 heteroatoms. The van der Waals surface area contributed by atoms with E-state index in [9.17, 15) is 9.00 Å². The van der Waals surface area contributed by atoms with E-state index in [4.69, 9.17) is 5.11 Å². The molecule has 0 aromatic heterocycles. The van der Waals surface area contributed by atoms with E-state index in [2.05, 4.69) is 6.92 Å². The van der Waals surface area contributed by atoms with E-state index < -0.39 is 16.8 Å². The molecule has 0 spiro atoms. The van der Waals surface area contributed by atoms with Gasteiger partial charge in [0.15, 0.2) is 0 Å². The monoisotopic (exact) mass is 302 g/mol. The van der Waals surface area contributed by atoms with Crippen molar-refractivity contribution in [3.05, 3.63) is 64.7 Å². The van der Waals surface area contributed by atoms with Crippen LogP contribution < -0.4 is 0 Å². The first-order valence-corrected chi connectivity index (χ1v) is 8.13. The molecule has 0 heterocycles. The van der Waals surface area contributed by atoms with Crippen LogP contribution in [0.4, 0.5) is 0 Å². The maximum absolute atomic E-state index is 12.4. The third-order valence-electron chi connectivity index (χ3n) is 3.43. The fourth-order valence-electron chi connectivity index (χ4n) is 2.08. The molecule has 0 saturated heterocycles. The van der Waals surface area contributed by atoms with Gasteiger partial charge in [0.1, 0.15) is 0 Å². The maximum Gasteiger partial charge on any atom is 0.335 e. The molecule has 0 saturated carbocycles. The summed E-state index contributed by atoms with van der Waals surface area (Å²) in [6, 6.07) is 13.0. The van der Waals surface area contributed by atoms with Gasteiger partial charge in [-0.15, -0.1) is 0 Å². The lowest BCUT2D eigenvalue weighted by atomic mass is 10.1. The van der Waals surface area contributed by atoms with Gasteiger partial charge in [0.2, 0.25) is 0 Å². The molecule has 0 aliphatic rings. The Balaban J connectivity index is 2.19. The summed E-state index contributed by atoms with van der Waals surface area (Å²) >= 11 is 0. The van der Waals surface area contributed by atoms with Gasteiger partial charge in [0.25, 0.3) is 0 Å². The number of rotatable bonds is 5. The Bertz CT molecular complexity index is 675. The lowest BCUT2D eigenvalue weighted by Crippen LogP contribution is -2.03. The van der Waals surface area contributed by atoms with E-state index in [-0.39, 0.29) is 5.56 Å². The van der Waals surface area contributed by atoms with Crippen molar-refractivity contribution in [3.8, 4) is 0 Å². The second kappa shape index (κ2) is 6.68. The Kier molecular flexibility index (Phi) is 4.91. The van der Waals surface area contributed by atoms with E-state index in [0.29, 0.717) is 16.2 Å². The number of carboxylic acids is 1. The second-order valence-corrected chi connectivity index (χ2v) is 6.39. The number of hydrogen-bond donors (Lipinski definition) is 1. The van der Waals surface area contributed by atoms with Gasteiger partial charge in [0, 0.05) is 4.90 Å². The molecule has 0 radical (unpaired) electrons. The van der Waals surface area contributed by atoms with E-state index >= 15 is 0 Å². The number of aryl methyl sites for hydroxylation is 2. The fourth-order valence-corrected chi connectivity index (χ4v) is 3.21. The van der Waals surface area contributed by atoms with Gasteiger partial charge in [-0.25, -0.2) is 4.79 Å². The van der Waals surface area contributed by atoms with Gasteiger partial charge >= 0.3 is 5.97 Å². The summed E-state index contributed by atoms with van der Waals surface area (Å²) in [6.45, 7) is 3.83. The molecule has 0 aliphatic heterocycles. The average molecular weight is 302 g/mol. The predicted molar refractivity (Wildman–Crippen MR) is 84.1 cm³/mol. The normalized spacial score (nSPS) is 12.1. The first-order chi connectivity index (χ1) is 10.0. The molecule has 1 N–H and O–H groups in total. The molecule has 0 fully saturated rings. The zero-order chi connectivity index (χ0) is 15.4. The summed E-state index contributed by atoms with van der Waals surface area (Å²) < 4.78 is 12.4. The molecular formula is C17H18O3S. The highest BCUT2D eigenvalue weighted by Crippen LogP contribution is 2.17. The smallest absolute Gasteiger partial charge is 0.335 e. The lowest BCUT2D eigenvalue weighted by Gasteiger charge is -2.07. The topological polar surface area (TPSA) is 54.4 Å². The van der Waals surface area contributed by atoms with Gasteiger partial charge in [-0.3, -0.25) is 4.21 Å². The first-order valence-electron chi connectivity index (χ1n) is 6.81. The molecule has 21 heavy (non-hydrogen) atoms. The van der Waals surface area contributed by atoms with Crippen LogP contribution in [-0.4, -0.2) is 15.3 Å². The van der Waals surface area contributed by atoms with Gasteiger partial charge < -0.3 is 5.11 Å². The van der Waals surface area contributed by atoms with Crippen LogP contribution in [-0.2, 0) is 23.0 Å². The van der Waals surface area contributed by atoms with Gasteiger partial charge in [-0.05, 0) is 42.2 Å². The number of carboxylic acid groups (broad SMARTS) is 1. The molecule has 110 valence electrons. The maximum atomic E-state index is 12.4. The highest BCUT2D eigenvalue weighted by Gasteiger charge is 2.12. The Morgan fingerprint density at radius 1 is 1.10 bits per heavy atom. The van der Waals surface area contributed by atoms with Crippen LogP contribution in [0.3, 0.4) is 0 Å². The van der Waals surface area contributed by atoms with Gasteiger partial charge in [-0.1, -0.05) is 37.3 Å². The van der Waals surface area contributed by atoms with Crippen molar-refractivity contribution >= 4 is 16.8 Å². The van der Waals surface area contributed by atoms with Crippen LogP contribution in [0, 0.1) is 6.92 Å². The minimum atomic E-state index is -1.24. The van der Waals surface area contributed by atoms with E-state index in [1.54, 1.807) is 19.1 Å². The molecule has 2 aromatic rings. The first kappa shape index (κ1) is 15.4. The molecule has 1 atom stereocenters. The minimum absolute atomic E-state index is 0.210. The quantitative estimate of drug-likeness (QED) is 0.918. The van der Waals surface area contributed by atoms with Crippen molar-refractivity contribution in [1.82, 2.24) is 0 Å². The van der Waals surface area contributed by atoms with Crippen molar-refractivity contribution in [1.29, 1.82) is 0 Å². The van der Waals surface area contributed by atoms with E-state index in [0.717, 1.165) is 12.0 Å². The van der Waals surface area contributed by atoms with Crippen LogP contribution in [0.2, 0.25) is 0 Å². The third kappa shape index (κ3) is 3.79. The Morgan fingerprint density at radius 3 is 2.29 bits per heavy atom. The van der Waals surface area contributed by atoms with Crippen LogP contribution in [0.25, 0.3) is 0 Å². The Labute approximate surface area is 127 Å². The zero-order valence-electron chi connectivity index (χ0n) is 12.1. The molecular weight excluding hydrogens is 284 g/mol. The summed E-state index contributed by atoms with van der Waals surface area (Å²) in [5.41, 5.74) is 3.12. The highest BCUT2D eigenvalue weighted by molar-refractivity contribution is 7.84.